The molecule has 0 atom stereocenters. The number of para-hydroxylation sites is 1. The molecule has 0 aromatic heterocycles. The van der Waals surface area contributed by atoms with Crippen molar-refractivity contribution in [2.75, 3.05) is 42.9 Å². The summed E-state index contributed by atoms with van der Waals surface area (Å²) in [5.41, 5.74) is 2.70. The van der Waals surface area contributed by atoms with E-state index in [1.807, 2.05) is 41.0 Å². The molecule has 0 saturated carbocycles. The molecule has 1 fully saturated rings. The third kappa shape index (κ3) is 5.01. The van der Waals surface area contributed by atoms with Gasteiger partial charge < -0.3 is 10.2 Å². The van der Waals surface area contributed by atoms with E-state index in [-0.39, 0.29) is 23.9 Å². The van der Waals surface area contributed by atoms with E-state index in [1.54, 1.807) is 12.1 Å². The van der Waals surface area contributed by atoms with Crippen molar-refractivity contribution in [1.82, 2.24) is 4.90 Å². The number of anilines is 2. The summed E-state index contributed by atoms with van der Waals surface area (Å²) < 4.78 is 0. The number of aryl methyl sites for hydroxylation is 1. The van der Waals surface area contributed by atoms with Crippen LogP contribution in [0.5, 0.6) is 0 Å². The zero-order valence-corrected chi connectivity index (χ0v) is 17.3. The number of amides is 1. The normalized spacial score (nSPS) is 14.4. The maximum Gasteiger partial charge on any atom is 0.293 e. The van der Waals surface area contributed by atoms with Gasteiger partial charge in [-0.3, -0.25) is 24.6 Å². The van der Waals surface area contributed by atoms with Gasteiger partial charge >= 0.3 is 0 Å². The van der Waals surface area contributed by atoms with Crippen LogP contribution in [0.3, 0.4) is 0 Å². The van der Waals surface area contributed by atoms with Crippen molar-refractivity contribution < 1.29 is 14.5 Å². The molecule has 2 aromatic carbocycles. The number of nitro benzene ring substituents is 1. The van der Waals surface area contributed by atoms with E-state index in [9.17, 15) is 19.7 Å². The van der Waals surface area contributed by atoms with E-state index in [0.29, 0.717) is 37.4 Å². The molecule has 0 spiro atoms. The van der Waals surface area contributed by atoms with Gasteiger partial charge in [0.25, 0.3) is 5.69 Å². The molecule has 1 aliphatic heterocycles. The molecule has 8 heteroatoms. The lowest BCUT2D eigenvalue weighted by Crippen LogP contribution is -2.48. The molecule has 0 unspecified atom stereocenters. The summed E-state index contributed by atoms with van der Waals surface area (Å²) >= 11 is 0. The molecule has 0 aliphatic carbocycles. The van der Waals surface area contributed by atoms with Crippen LogP contribution in [0.2, 0.25) is 0 Å². The molecule has 30 heavy (non-hydrogen) atoms. The number of hydrogen-bond donors (Lipinski definition) is 1. The molecule has 1 aliphatic rings. The Morgan fingerprint density at radius 1 is 1.10 bits per heavy atom. The number of hydrogen-bond acceptors (Lipinski definition) is 6. The van der Waals surface area contributed by atoms with Crippen molar-refractivity contribution in [3.05, 3.63) is 63.7 Å². The monoisotopic (exact) mass is 410 g/mol. The minimum absolute atomic E-state index is 0.0648. The van der Waals surface area contributed by atoms with E-state index >= 15 is 0 Å². The molecule has 1 amide bonds. The molecule has 8 nitrogen and oxygen atoms in total. The average molecular weight is 410 g/mol. The topological polar surface area (TPSA) is 95.8 Å². The minimum atomic E-state index is -0.452. The van der Waals surface area contributed by atoms with E-state index < -0.39 is 4.92 Å². The smallest absolute Gasteiger partial charge is 0.293 e. The van der Waals surface area contributed by atoms with Crippen LogP contribution in [0.25, 0.3) is 0 Å². The number of rotatable bonds is 7. The fraction of sp³-hybridized carbons (Fsp3) is 0.364. The first-order chi connectivity index (χ1) is 14.4. The molecule has 3 rings (SSSR count). The van der Waals surface area contributed by atoms with Crippen molar-refractivity contribution >= 4 is 28.8 Å². The predicted molar refractivity (Wildman–Crippen MR) is 116 cm³/mol. The van der Waals surface area contributed by atoms with Gasteiger partial charge in [-0.15, -0.1) is 0 Å². The number of nitrogens with zero attached hydrogens (tertiary/aromatic N) is 3. The van der Waals surface area contributed by atoms with E-state index in [0.717, 1.165) is 17.7 Å². The molecule has 158 valence electrons. The first-order valence-electron chi connectivity index (χ1n) is 10.0. The molecule has 1 N–H and O–H groups in total. The number of carbonyl (C=O) groups is 2. The minimum Gasteiger partial charge on any atom is -0.363 e. The summed E-state index contributed by atoms with van der Waals surface area (Å²) in [6, 6.07) is 12.3. The summed E-state index contributed by atoms with van der Waals surface area (Å²) in [6.07, 6.45) is 0.844. The Kier molecular flexibility index (Phi) is 6.79. The van der Waals surface area contributed by atoms with Crippen molar-refractivity contribution in [3.63, 3.8) is 0 Å². The van der Waals surface area contributed by atoms with Crippen LogP contribution >= 0.6 is 0 Å². The fourth-order valence-electron chi connectivity index (χ4n) is 3.65. The van der Waals surface area contributed by atoms with E-state index in [2.05, 4.69) is 5.32 Å². The molecule has 0 bridgehead atoms. The van der Waals surface area contributed by atoms with Gasteiger partial charge in [-0.25, -0.2) is 0 Å². The molecule has 0 radical (unpaired) electrons. The highest BCUT2D eigenvalue weighted by Gasteiger charge is 2.25. The van der Waals surface area contributed by atoms with Crippen LogP contribution in [-0.4, -0.2) is 54.2 Å². The van der Waals surface area contributed by atoms with Crippen LogP contribution in [0.4, 0.5) is 17.1 Å². The number of nitrogens with one attached hydrogen (secondary N) is 1. The summed E-state index contributed by atoms with van der Waals surface area (Å²) in [6.45, 7) is 6.09. The lowest BCUT2D eigenvalue weighted by Gasteiger charge is -2.35. The van der Waals surface area contributed by atoms with Crippen molar-refractivity contribution in [3.8, 4) is 0 Å². The van der Waals surface area contributed by atoms with Gasteiger partial charge in [0.05, 0.1) is 11.5 Å². The van der Waals surface area contributed by atoms with Gasteiger partial charge in [0.15, 0.2) is 5.78 Å². The molecule has 1 heterocycles. The second kappa shape index (κ2) is 9.49. The molecular weight excluding hydrogens is 384 g/mol. The zero-order chi connectivity index (χ0) is 21.7. The van der Waals surface area contributed by atoms with Gasteiger partial charge in [0.1, 0.15) is 5.69 Å². The first kappa shape index (κ1) is 21.4. The highest BCUT2D eigenvalue weighted by Crippen LogP contribution is 2.30. The highest BCUT2D eigenvalue weighted by atomic mass is 16.6. The Hall–Kier alpha value is -3.26. The number of carbonyl (C=O) groups excluding carboxylic acids is 2. The Morgan fingerprint density at radius 3 is 2.43 bits per heavy atom. The molecule has 2 aromatic rings. The number of ketones is 1. The second-order valence-electron chi connectivity index (χ2n) is 7.34. The number of nitro groups is 1. The SMILES string of the molecule is CCc1ccccc1NC(=O)CN1CCN(c2ccc(C(C)=O)cc2[N+](=O)[O-])CC1. The van der Waals surface area contributed by atoms with E-state index in [4.69, 9.17) is 0 Å². The Morgan fingerprint density at radius 2 is 1.80 bits per heavy atom. The fourth-order valence-corrected chi connectivity index (χ4v) is 3.65. The maximum atomic E-state index is 12.5. The Labute approximate surface area is 175 Å². The number of benzene rings is 2. The number of Topliss-reactive ketones (excluding diaryl/α,β-unsaturated/α-hetero) is 1. The summed E-state index contributed by atoms with van der Waals surface area (Å²) in [5, 5.41) is 14.5. The van der Waals surface area contributed by atoms with Crippen molar-refractivity contribution in [2.24, 2.45) is 0 Å². The van der Waals surface area contributed by atoms with Gasteiger partial charge in [-0.1, -0.05) is 25.1 Å². The quantitative estimate of drug-likeness (QED) is 0.428. The summed E-state index contributed by atoms with van der Waals surface area (Å²) in [7, 11) is 0. The van der Waals surface area contributed by atoms with Gasteiger partial charge in [-0.05, 0) is 37.1 Å². The van der Waals surface area contributed by atoms with Crippen LogP contribution in [0.15, 0.2) is 42.5 Å². The van der Waals surface area contributed by atoms with Gasteiger partial charge in [0, 0.05) is 43.5 Å². The lowest BCUT2D eigenvalue weighted by molar-refractivity contribution is -0.384. The molecular formula is C22H26N4O4. The second-order valence-corrected chi connectivity index (χ2v) is 7.34. The highest BCUT2D eigenvalue weighted by molar-refractivity contribution is 5.95. The standard InChI is InChI=1S/C22H26N4O4/c1-3-17-6-4-5-7-19(17)23-22(28)15-24-10-12-25(13-11-24)20-9-8-18(16(2)27)14-21(20)26(29)30/h4-9,14H,3,10-13,15H2,1-2H3,(H,23,28). The predicted octanol–water partition coefficient (Wildman–Crippen LogP) is 3.12. The lowest BCUT2D eigenvalue weighted by atomic mass is 10.1. The van der Waals surface area contributed by atoms with Crippen molar-refractivity contribution in [2.45, 2.75) is 20.3 Å². The number of piperazine rings is 1. The third-order valence-electron chi connectivity index (χ3n) is 5.33. The zero-order valence-electron chi connectivity index (χ0n) is 17.3. The van der Waals surface area contributed by atoms with Gasteiger partial charge in [-0.2, -0.15) is 0 Å². The summed E-state index contributed by atoms with van der Waals surface area (Å²) in [4.78, 5) is 39.0. The van der Waals surface area contributed by atoms with Crippen LogP contribution in [0, 0.1) is 10.1 Å². The Bertz CT molecular complexity index is 952. The van der Waals surface area contributed by atoms with Crippen LogP contribution < -0.4 is 10.2 Å². The largest absolute Gasteiger partial charge is 0.363 e. The molecule has 1 saturated heterocycles. The van der Waals surface area contributed by atoms with Crippen molar-refractivity contribution in [1.29, 1.82) is 0 Å². The average Bonchev–Trinajstić information content (AvgIpc) is 2.74. The maximum absolute atomic E-state index is 12.5. The van der Waals surface area contributed by atoms with Crippen LogP contribution in [-0.2, 0) is 11.2 Å². The summed E-state index contributed by atoms with van der Waals surface area (Å²) in [5.74, 6) is -0.272. The van der Waals surface area contributed by atoms with Crippen LogP contribution in [0.1, 0.15) is 29.8 Å². The van der Waals surface area contributed by atoms with Gasteiger partial charge in [0.2, 0.25) is 5.91 Å². The Balaban J connectivity index is 1.60. The van der Waals surface area contributed by atoms with E-state index in [1.165, 1.54) is 13.0 Å². The first-order valence-corrected chi connectivity index (χ1v) is 10.0. The third-order valence-corrected chi connectivity index (χ3v) is 5.33.